The summed E-state index contributed by atoms with van der Waals surface area (Å²) in [6.45, 7) is 17.6. The molecule has 0 aliphatic heterocycles. The van der Waals surface area contributed by atoms with Crippen LogP contribution in [0.3, 0.4) is 0 Å². The Morgan fingerprint density at radius 2 is 1.68 bits per heavy atom. The van der Waals surface area contributed by atoms with E-state index in [1.165, 1.54) is 0 Å². The summed E-state index contributed by atoms with van der Waals surface area (Å²) in [4.78, 5) is 43.3. The van der Waals surface area contributed by atoms with Gasteiger partial charge in [-0.05, 0) is 75.3 Å². The van der Waals surface area contributed by atoms with Gasteiger partial charge in [0.25, 0.3) is 5.91 Å². The number of halogens is 1. The molecule has 2 aromatic rings. The van der Waals surface area contributed by atoms with E-state index in [0.29, 0.717) is 35.7 Å². The summed E-state index contributed by atoms with van der Waals surface area (Å²) < 4.78 is 5.52. The molecular weight excluding hydrogens is 574 g/mol. The zero-order chi connectivity index (χ0) is 32.9. The Bertz CT molecular complexity index is 1230. The Hall–Kier alpha value is -3.32. The predicted molar refractivity (Wildman–Crippen MR) is 182 cm³/mol. The zero-order valence-electron chi connectivity index (χ0n) is 27.7. The summed E-state index contributed by atoms with van der Waals surface area (Å²) in [7, 11) is 0. The van der Waals surface area contributed by atoms with Crippen LogP contribution >= 0.6 is 11.6 Å². The molecule has 3 amide bonds. The topological polar surface area (TPSA) is 87.7 Å². The Kier molecular flexibility index (Phi) is 15.0. The summed E-state index contributed by atoms with van der Waals surface area (Å²) in [5, 5.41) is 6.25. The number of nitrogens with one attached hydrogen (secondary N) is 2. The number of rotatable bonds is 16. The number of alkyl carbamates (subject to hydrolysis) is 1. The van der Waals surface area contributed by atoms with Crippen LogP contribution in [-0.4, -0.2) is 41.0 Å². The van der Waals surface area contributed by atoms with E-state index in [2.05, 4.69) is 24.1 Å². The summed E-state index contributed by atoms with van der Waals surface area (Å²) in [6.07, 6.45) is 7.53. The van der Waals surface area contributed by atoms with Crippen LogP contribution in [0.4, 0.5) is 10.5 Å². The minimum absolute atomic E-state index is 0.0944. The summed E-state index contributed by atoms with van der Waals surface area (Å²) in [5.74, 6) is -0.627. The second-order valence-electron chi connectivity index (χ2n) is 12.8. The van der Waals surface area contributed by atoms with Crippen molar-refractivity contribution in [1.29, 1.82) is 0 Å². The quantitative estimate of drug-likeness (QED) is 0.182. The number of ether oxygens (including phenoxy) is 1. The van der Waals surface area contributed by atoms with Crippen molar-refractivity contribution >= 4 is 41.3 Å². The number of hydrogen-bond donors (Lipinski definition) is 2. The lowest BCUT2D eigenvalue weighted by Crippen LogP contribution is -2.53. The molecule has 8 heteroatoms. The van der Waals surface area contributed by atoms with Crippen LogP contribution in [0.2, 0.25) is 5.02 Å². The van der Waals surface area contributed by atoms with Crippen molar-refractivity contribution in [1.82, 2.24) is 10.2 Å². The Balaban J connectivity index is 2.60. The highest BCUT2D eigenvalue weighted by atomic mass is 35.5. The molecule has 44 heavy (non-hydrogen) atoms. The molecule has 0 aromatic heterocycles. The van der Waals surface area contributed by atoms with E-state index < -0.39 is 23.8 Å². The second-order valence-corrected chi connectivity index (χ2v) is 13.2. The number of unbranched alkanes of at least 4 members (excludes halogenated alkanes) is 5. The van der Waals surface area contributed by atoms with Gasteiger partial charge in [0.15, 0.2) is 0 Å². The maximum atomic E-state index is 14.5. The van der Waals surface area contributed by atoms with Gasteiger partial charge >= 0.3 is 6.09 Å². The molecule has 0 bridgehead atoms. The van der Waals surface area contributed by atoms with Crippen LogP contribution in [0.5, 0.6) is 0 Å². The predicted octanol–water partition coefficient (Wildman–Crippen LogP) is 9.10. The molecule has 2 aromatic carbocycles. The smallest absolute Gasteiger partial charge is 0.408 e. The number of para-hydroxylation sites is 1. The van der Waals surface area contributed by atoms with Crippen molar-refractivity contribution in [2.75, 3.05) is 11.9 Å². The first kappa shape index (κ1) is 36.9. The van der Waals surface area contributed by atoms with Gasteiger partial charge in [0.1, 0.15) is 17.7 Å². The molecule has 0 aliphatic rings. The number of carbonyl (C=O) groups is 3. The first-order valence-corrected chi connectivity index (χ1v) is 16.2. The highest BCUT2D eigenvalue weighted by Gasteiger charge is 2.36. The molecule has 0 aliphatic carbocycles. The fraction of sp³-hybridized carbons (Fsp3) is 0.528. The van der Waals surface area contributed by atoms with Crippen LogP contribution < -0.4 is 10.6 Å². The third-order valence-electron chi connectivity index (χ3n) is 7.22. The van der Waals surface area contributed by atoms with E-state index >= 15 is 0 Å². The Labute approximate surface area is 269 Å². The van der Waals surface area contributed by atoms with Gasteiger partial charge < -0.3 is 20.3 Å². The molecule has 0 saturated heterocycles. The second kappa shape index (κ2) is 17.8. The highest BCUT2D eigenvalue weighted by Crippen LogP contribution is 2.30. The average Bonchev–Trinajstić information content (AvgIpc) is 2.94. The third kappa shape index (κ3) is 12.0. The highest BCUT2D eigenvalue weighted by molar-refractivity contribution is 6.34. The lowest BCUT2D eigenvalue weighted by atomic mass is 9.97. The summed E-state index contributed by atoms with van der Waals surface area (Å²) in [6, 6.07) is 11.0. The van der Waals surface area contributed by atoms with E-state index in [0.717, 1.165) is 43.2 Å². The SMILES string of the molecule is C=Cc1cccc(C(C(=O)Nc2c(C)cccc2Cl)N(CCCCCCCC)C(=O)C(CC(C)C)NC(=O)OC(C)(C)C)c1. The number of amides is 3. The molecule has 2 rings (SSSR count). The van der Waals surface area contributed by atoms with Gasteiger partial charge in [-0.15, -0.1) is 0 Å². The standard InChI is InChI=1S/C36H52ClN3O4/c1-9-11-12-13-14-15-22-40(34(42)30(23-25(3)4)38-35(43)44-36(6,7)8)32(28-20-17-19-27(10-2)24-28)33(41)39-31-26(5)18-16-21-29(31)37/h10,16-21,24-25,30,32H,2,9,11-15,22-23H2,1,3-8H3,(H,38,43)(H,39,41). The minimum Gasteiger partial charge on any atom is -0.444 e. The van der Waals surface area contributed by atoms with Crippen LogP contribution in [-0.2, 0) is 14.3 Å². The van der Waals surface area contributed by atoms with Gasteiger partial charge in [-0.2, -0.15) is 0 Å². The van der Waals surface area contributed by atoms with Gasteiger partial charge in [0.2, 0.25) is 5.91 Å². The molecule has 2 atom stereocenters. The lowest BCUT2D eigenvalue weighted by molar-refractivity contribution is -0.141. The third-order valence-corrected chi connectivity index (χ3v) is 7.54. The number of benzene rings is 2. The normalized spacial score (nSPS) is 12.8. The number of aryl methyl sites for hydroxylation is 1. The minimum atomic E-state index is -0.983. The number of anilines is 1. The molecule has 7 nitrogen and oxygen atoms in total. The molecule has 0 saturated carbocycles. The molecule has 0 spiro atoms. The maximum Gasteiger partial charge on any atom is 0.408 e. The first-order chi connectivity index (χ1) is 20.8. The fourth-order valence-corrected chi connectivity index (χ4v) is 5.35. The van der Waals surface area contributed by atoms with Crippen molar-refractivity contribution in [3.63, 3.8) is 0 Å². The van der Waals surface area contributed by atoms with E-state index in [1.54, 1.807) is 37.8 Å². The van der Waals surface area contributed by atoms with Crippen molar-refractivity contribution < 1.29 is 19.1 Å². The molecule has 2 N–H and O–H groups in total. The average molecular weight is 626 g/mol. The van der Waals surface area contributed by atoms with E-state index in [4.69, 9.17) is 16.3 Å². The molecule has 0 fully saturated rings. The molecule has 242 valence electrons. The number of carbonyl (C=O) groups excluding carboxylic acids is 3. The van der Waals surface area contributed by atoms with E-state index in [-0.39, 0.29) is 17.7 Å². The maximum absolute atomic E-state index is 14.5. The largest absolute Gasteiger partial charge is 0.444 e. The zero-order valence-corrected chi connectivity index (χ0v) is 28.4. The van der Waals surface area contributed by atoms with Crippen molar-refractivity contribution in [3.8, 4) is 0 Å². The molecule has 0 heterocycles. The van der Waals surface area contributed by atoms with Crippen molar-refractivity contribution in [3.05, 3.63) is 70.8 Å². The fourth-order valence-electron chi connectivity index (χ4n) is 5.08. The van der Waals surface area contributed by atoms with Crippen LogP contribution in [0.25, 0.3) is 6.08 Å². The Morgan fingerprint density at radius 3 is 2.30 bits per heavy atom. The summed E-state index contributed by atoms with van der Waals surface area (Å²) >= 11 is 6.51. The van der Waals surface area contributed by atoms with E-state index in [1.807, 2.05) is 57.2 Å². The van der Waals surface area contributed by atoms with Crippen LogP contribution in [0, 0.1) is 12.8 Å². The van der Waals surface area contributed by atoms with Gasteiger partial charge in [-0.3, -0.25) is 9.59 Å². The van der Waals surface area contributed by atoms with Gasteiger partial charge in [-0.25, -0.2) is 4.79 Å². The summed E-state index contributed by atoms with van der Waals surface area (Å²) in [5.41, 5.74) is 2.05. The van der Waals surface area contributed by atoms with Crippen LogP contribution in [0.1, 0.15) is 109 Å². The molecular formula is C36H52ClN3O4. The number of hydrogen-bond acceptors (Lipinski definition) is 4. The van der Waals surface area contributed by atoms with Gasteiger partial charge in [-0.1, -0.05) is 107 Å². The first-order valence-electron chi connectivity index (χ1n) is 15.9. The monoisotopic (exact) mass is 625 g/mol. The van der Waals surface area contributed by atoms with E-state index in [9.17, 15) is 14.4 Å². The molecule has 0 radical (unpaired) electrons. The Morgan fingerprint density at radius 1 is 1.02 bits per heavy atom. The lowest BCUT2D eigenvalue weighted by Gasteiger charge is -2.35. The van der Waals surface area contributed by atoms with Crippen LogP contribution in [0.15, 0.2) is 49.0 Å². The van der Waals surface area contributed by atoms with Crippen molar-refractivity contribution in [2.45, 2.75) is 111 Å². The van der Waals surface area contributed by atoms with Gasteiger partial charge in [0.05, 0.1) is 10.7 Å². The van der Waals surface area contributed by atoms with Crippen molar-refractivity contribution in [2.24, 2.45) is 5.92 Å². The van der Waals surface area contributed by atoms with Gasteiger partial charge in [0, 0.05) is 6.54 Å². The number of nitrogens with zero attached hydrogens (tertiary/aromatic N) is 1. The molecule has 2 unspecified atom stereocenters.